The van der Waals surface area contributed by atoms with Gasteiger partial charge >= 0.3 is 5.97 Å². The van der Waals surface area contributed by atoms with E-state index >= 15 is 0 Å². The van der Waals surface area contributed by atoms with E-state index in [1.807, 2.05) is 0 Å². The molecule has 1 aromatic carbocycles. The standard InChI is InChI=1S/C23H31FO5/c24-19-7-11-21(12-8-19)29-23(25)18-3-1-16(2-4-18)17-5-9-20(10-6-17)28-15-26-13-22-14-27-22/h7-8,11-12,16-18,20,22H,1-6,9-10,13-15H2. The van der Waals surface area contributed by atoms with Crippen LogP contribution in [-0.2, 0) is 19.0 Å². The van der Waals surface area contributed by atoms with Crippen molar-refractivity contribution in [3.05, 3.63) is 30.1 Å². The Bertz CT molecular complexity index is 644. The van der Waals surface area contributed by atoms with Gasteiger partial charge in [0.15, 0.2) is 0 Å². The Morgan fingerprint density at radius 2 is 1.59 bits per heavy atom. The molecule has 5 nitrogen and oxygen atoms in total. The van der Waals surface area contributed by atoms with Crippen molar-refractivity contribution in [2.75, 3.05) is 20.0 Å². The molecule has 6 heteroatoms. The lowest BCUT2D eigenvalue weighted by molar-refractivity contribution is -0.140. The van der Waals surface area contributed by atoms with Crippen molar-refractivity contribution in [3.63, 3.8) is 0 Å². The highest BCUT2D eigenvalue weighted by molar-refractivity contribution is 5.75. The van der Waals surface area contributed by atoms with Gasteiger partial charge in [-0.25, -0.2) is 4.39 Å². The van der Waals surface area contributed by atoms with Crippen molar-refractivity contribution in [2.24, 2.45) is 17.8 Å². The fourth-order valence-electron chi connectivity index (χ4n) is 4.74. The maximum Gasteiger partial charge on any atom is 0.314 e. The Kier molecular flexibility index (Phi) is 7.16. The molecule has 1 heterocycles. The maximum atomic E-state index is 13.0. The fraction of sp³-hybridized carbons (Fsp3) is 0.696. The van der Waals surface area contributed by atoms with Crippen LogP contribution in [0.4, 0.5) is 4.39 Å². The minimum Gasteiger partial charge on any atom is -0.426 e. The van der Waals surface area contributed by atoms with Crippen LogP contribution in [0, 0.1) is 23.6 Å². The molecule has 0 spiro atoms. The second-order valence-electron chi connectivity index (χ2n) is 8.63. The molecule has 0 N–H and O–H groups in total. The molecule has 0 amide bonds. The van der Waals surface area contributed by atoms with Crippen LogP contribution in [0.5, 0.6) is 5.75 Å². The summed E-state index contributed by atoms with van der Waals surface area (Å²) in [5.41, 5.74) is 0. The van der Waals surface area contributed by atoms with E-state index in [9.17, 15) is 9.18 Å². The minimum absolute atomic E-state index is 0.0384. The molecule has 2 aliphatic carbocycles. The molecule has 29 heavy (non-hydrogen) atoms. The molecule has 1 aliphatic heterocycles. The van der Waals surface area contributed by atoms with E-state index in [1.165, 1.54) is 37.1 Å². The summed E-state index contributed by atoms with van der Waals surface area (Å²) in [6.07, 6.45) is 9.15. The monoisotopic (exact) mass is 406 g/mol. The van der Waals surface area contributed by atoms with Gasteiger partial charge in [-0.15, -0.1) is 0 Å². The highest BCUT2D eigenvalue weighted by Gasteiger charge is 2.34. The summed E-state index contributed by atoms with van der Waals surface area (Å²) >= 11 is 0. The van der Waals surface area contributed by atoms with Crippen molar-refractivity contribution in [1.82, 2.24) is 0 Å². The van der Waals surface area contributed by atoms with Crippen molar-refractivity contribution in [2.45, 2.75) is 63.6 Å². The molecular formula is C23H31FO5. The molecular weight excluding hydrogens is 375 g/mol. The Morgan fingerprint density at radius 1 is 0.966 bits per heavy atom. The van der Waals surface area contributed by atoms with Gasteiger partial charge in [0.05, 0.1) is 25.2 Å². The van der Waals surface area contributed by atoms with Crippen molar-refractivity contribution >= 4 is 5.97 Å². The summed E-state index contributed by atoms with van der Waals surface area (Å²) in [6, 6.07) is 5.63. The van der Waals surface area contributed by atoms with Crippen molar-refractivity contribution in [3.8, 4) is 5.75 Å². The van der Waals surface area contributed by atoms with E-state index in [0.29, 0.717) is 31.2 Å². The molecule has 3 aliphatic rings. The first-order valence-electron chi connectivity index (χ1n) is 11.0. The molecule has 1 atom stereocenters. The molecule has 1 saturated heterocycles. The van der Waals surface area contributed by atoms with Gasteiger partial charge in [-0.2, -0.15) is 0 Å². The molecule has 4 rings (SSSR count). The maximum absolute atomic E-state index is 13.0. The third-order valence-corrected chi connectivity index (χ3v) is 6.62. The SMILES string of the molecule is O=C(Oc1ccc(F)cc1)C1CCC(C2CCC(OCOCC3CO3)CC2)CC1. The van der Waals surface area contributed by atoms with E-state index in [-0.39, 0.29) is 23.8 Å². The summed E-state index contributed by atoms with van der Waals surface area (Å²) in [5.74, 6) is 1.32. The third kappa shape index (κ3) is 6.24. The van der Waals surface area contributed by atoms with Crippen LogP contribution >= 0.6 is 0 Å². The van der Waals surface area contributed by atoms with Gasteiger partial charge in [-0.05, 0) is 87.5 Å². The molecule has 1 aromatic rings. The number of carbonyl (C=O) groups is 1. The van der Waals surface area contributed by atoms with Gasteiger partial charge in [0, 0.05) is 0 Å². The average molecular weight is 406 g/mol. The molecule has 0 radical (unpaired) electrons. The summed E-state index contributed by atoms with van der Waals surface area (Å²) < 4.78 is 34.8. The first-order chi connectivity index (χ1) is 14.2. The van der Waals surface area contributed by atoms with Gasteiger partial charge in [0.1, 0.15) is 24.5 Å². The average Bonchev–Trinajstić information content (AvgIpc) is 3.58. The van der Waals surface area contributed by atoms with Crippen LogP contribution in [0.2, 0.25) is 0 Å². The van der Waals surface area contributed by atoms with Crippen LogP contribution in [0.1, 0.15) is 51.4 Å². The minimum atomic E-state index is -0.328. The van der Waals surface area contributed by atoms with Gasteiger partial charge in [-0.3, -0.25) is 4.79 Å². The predicted octanol–water partition coefficient (Wildman–Crippen LogP) is 4.49. The van der Waals surface area contributed by atoms with Crippen LogP contribution in [0.3, 0.4) is 0 Å². The fourth-order valence-corrected chi connectivity index (χ4v) is 4.74. The highest BCUT2D eigenvalue weighted by atomic mass is 19.1. The topological polar surface area (TPSA) is 57.3 Å². The number of halogens is 1. The number of carbonyl (C=O) groups excluding carboxylic acids is 1. The molecule has 1 unspecified atom stereocenters. The van der Waals surface area contributed by atoms with Crippen LogP contribution in [0.25, 0.3) is 0 Å². The number of benzene rings is 1. The second-order valence-corrected chi connectivity index (χ2v) is 8.63. The van der Waals surface area contributed by atoms with Gasteiger partial charge in [0.25, 0.3) is 0 Å². The summed E-state index contributed by atoms with van der Waals surface area (Å²) in [6.45, 7) is 1.83. The van der Waals surface area contributed by atoms with Gasteiger partial charge < -0.3 is 18.9 Å². The van der Waals surface area contributed by atoms with E-state index in [4.69, 9.17) is 18.9 Å². The third-order valence-electron chi connectivity index (χ3n) is 6.62. The molecule has 160 valence electrons. The molecule has 0 bridgehead atoms. The first kappa shape index (κ1) is 20.8. The summed E-state index contributed by atoms with van der Waals surface area (Å²) in [4.78, 5) is 12.4. The zero-order chi connectivity index (χ0) is 20.1. The number of hydrogen-bond donors (Lipinski definition) is 0. The van der Waals surface area contributed by atoms with Gasteiger partial charge in [0.2, 0.25) is 0 Å². The second kappa shape index (κ2) is 10.0. The predicted molar refractivity (Wildman–Crippen MR) is 105 cm³/mol. The Labute approximate surface area is 171 Å². The number of ether oxygens (including phenoxy) is 4. The zero-order valence-corrected chi connectivity index (χ0v) is 16.9. The van der Waals surface area contributed by atoms with E-state index in [2.05, 4.69) is 0 Å². The molecule has 2 saturated carbocycles. The number of epoxide rings is 1. The molecule has 0 aromatic heterocycles. The lowest BCUT2D eigenvalue weighted by Crippen LogP contribution is -2.31. The largest absolute Gasteiger partial charge is 0.426 e. The normalized spacial score (nSPS) is 32.0. The highest BCUT2D eigenvalue weighted by Crippen LogP contribution is 2.40. The number of hydrogen-bond acceptors (Lipinski definition) is 5. The molecule has 3 fully saturated rings. The van der Waals surface area contributed by atoms with E-state index in [0.717, 1.165) is 51.0 Å². The zero-order valence-electron chi connectivity index (χ0n) is 16.9. The lowest BCUT2D eigenvalue weighted by atomic mass is 9.70. The first-order valence-corrected chi connectivity index (χ1v) is 11.0. The Morgan fingerprint density at radius 3 is 2.21 bits per heavy atom. The smallest absolute Gasteiger partial charge is 0.314 e. The van der Waals surface area contributed by atoms with Gasteiger partial charge in [-0.1, -0.05) is 0 Å². The number of rotatable bonds is 8. The summed E-state index contributed by atoms with van der Waals surface area (Å²) in [7, 11) is 0. The van der Waals surface area contributed by atoms with Crippen LogP contribution in [0.15, 0.2) is 24.3 Å². The lowest BCUT2D eigenvalue weighted by Gasteiger charge is -2.37. The van der Waals surface area contributed by atoms with E-state index in [1.54, 1.807) is 0 Å². The van der Waals surface area contributed by atoms with Crippen molar-refractivity contribution in [1.29, 1.82) is 0 Å². The Hall–Kier alpha value is -1.50. The number of esters is 1. The quantitative estimate of drug-likeness (QED) is 0.209. The van der Waals surface area contributed by atoms with Crippen LogP contribution in [-0.4, -0.2) is 38.2 Å². The Balaban J connectivity index is 1.12. The van der Waals surface area contributed by atoms with E-state index < -0.39 is 0 Å². The summed E-state index contributed by atoms with van der Waals surface area (Å²) in [5, 5.41) is 0. The van der Waals surface area contributed by atoms with Crippen molar-refractivity contribution < 1.29 is 28.1 Å². The van der Waals surface area contributed by atoms with Crippen LogP contribution < -0.4 is 4.74 Å².